The third-order valence-electron chi connectivity index (χ3n) is 6.60. The van der Waals surface area contributed by atoms with Crippen LogP contribution >= 0.6 is 0 Å². The monoisotopic (exact) mass is 488 g/mol. The van der Waals surface area contributed by atoms with Gasteiger partial charge in [0.25, 0.3) is 5.91 Å². The van der Waals surface area contributed by atoms with E-state index >= 15 is 0 Å². The highest BCUT2D eigenvalue weighted by Crippen LogP contribution is 2.34. The summed E-state index contributed by atoms with van der Waals surface area (Å²) in [6.07, 6.45) is -1.40. The Labute approximate surface area is 208 Å². The van der Waals surface area contributed by atoms with Gasteiger partial charge < -0.3 is 21.8 Å². The molecule has 0 saturated carbocycles. The Hall–Kier alpha value is -4.38. The topological polar surface area (TPSA) is 184 Å². The predicted octanol–water partition coefficient (Wildman–Crippen LogP) is 0.277. The van der Waals surface area contributed by atoms with E-state index in [0.717, 1.165) is 16.9 Å². The Kier molecular flexibility index (Phi) is 6.06. The van der Waals surface area contributed by atoms with Crippen LogP contribution in [-0.2, 0) is 0 Å². The summed E-state index contributed by atoms with van der Waals surface area (Å²) in [6.45, 7) is 4.35. The number of anilines is 2. The molecule has 2 aromatic carbocycles. The van der Waals surface area contributed by atoms with Gasteiger partial charge in [0.15, 0.2) is 6.29 Å². The first-order valence-electron chi connectivity index (χ1n) is 11.5. The zero-order chi connectivity index (χ0) is 25.4. The maximum atomic E-state index is 13.9. The summed E-state index contributed by atoms with van der Waals surface area (Å²) in [7, 11) is 0. The number of nitrogens with one attached hydrogen (secondary N) is 5. The number of nitriles is 1. The minimum atomic E-state index is -0.600. The number of carbonyl (C=O) groups is 1. The summed E-state index contributed by atoms with van der Waals surface area (Å²) in [4.78, 5) is 15.6. The van der Waals surface area contributed by atoms with Gasteiger partial charge in [-0.1, -0.05) is 23.4 Å². The predicted molar refractivity (Wildman–Crippen MR) is 133 cm³/mol. The summed E-state index contributed by atoms with van der Waals surface area (Å²) >= 11 is 0. The molecule has 0 aliphatic carbocycles. The molecule has 1 saturated heterocycles. The second-order valence-electron chi connectivity index (χ2n) is 8.77. The van der Waals surface area contributed by atoms with Crippen LogP contribution in [0.2, 0.25) is 0 Å². The van der Waals surface area contributed by atoms with Crippen molar-refractivity contribution in [1.29, 1.82) is 5.26 Å². The van der Waals surface area contributed by atoms with Crippen molar-refractivity contribution in [1.82, 2.24) is 26.3 Å². The Bertz CT molecular complexity index is 1280. The van der Waals surface area contributed by atoms with E-state index in [1.165, 1.54) is 0 Å². The van der Waals surface area contributed by atoms with Crippen LogP contribution in [0.3, 0.4) is 0 Å². The van der Waals surface area contributed by atoms with Crippen molar-refractivity contribution in [2.24, 2.45) is 22.0 Å². The minimum absolute atomic E-state index is 0.175. The molecular formula is C23H28N12O. The molecule has 186 valence electrons. The standard InChI is InChI=1S/C23H28N12O/c1-12-5-3-8-16-17(12)22(36)34(15-7-4-6-14(9-15)10-24)20(29-16)13(2)35(26)21-18-19(28-11-27-18)30-23(31-21)32-33-25/h3-9,13,19-20,23,27-31H,11,26H2,1-2H3,(H2,25,32). The molecule has 13 nitrogen and oxygen atoms in total. The fraction of sp³-hybridized carbons (Fsp3) is 0.304. The number of amides is 1. The van der Waals surface area contributed by atoms with Gasteiger partial charge in [0.05, 0.1) is 35.6 Å². The maximum Gasteiger partial charge on any atom is 0.262 e. The van der Waals surface area contributed by atoms with Crippen molar-refractivity contribution in [3.63, 3.8) is 0 Å². The molecular weight excluding hydrogens is 460 g/mol. The molecule has 5 rings (SSSR count). The first-order valence-corrected chi connectivity index (χ1v) is 11.5. The summed E-state index contributed by atoms with van der Waals surface area (Å²) in [5.74, 6) is 12.4. The van der Waals surface area contributed by atoms with Crippen molar-refractivity contribution in [2.45, 2.75) is 38.5 Å². The molecule has 1 fully saturated rings. The first-order chi connectivity index (χ1) is 17.4. The third-order valence-corrected chi connectivity index (χ3v) is 6.60. The second-order valence-corrected chi connectivity index (χ2v) is 8.77. The lowest BCUT2D eigenvalue weighted by Gasteiger charge is -2.45. The normalized spacial score (nSPS) is 23.8. The lowest BCUT2D eigenvalue weighted by molar-refractivity contribution is 0.0953. The number of benzene rings is 2. The van der Waals surface area contributed by atoms with Crippen LogP contribution in [0.1, 0.15) is 28.4 Å². The highest BCUT2D eigenvalue weighted by molar-refractivity contribution is 6.13. The molecule has 13 heteroatoms. The van der Waals surface area contributed by atoms with Gasteiger partial charge in [-0.25, -0.2) is 5.84 Å². The number of hydrogen-bond acceptors (Lipinski definition) is 11. The second kappa shape index (κ2) is 9.34. The highest BCUT2D eigenvalue weighted by atomic mass is 16.2. The number of carbonyl (C=O) groups excluding carboxylic acids is 1. The van der Waals surface area contributed by atoms with Gasteiger partial charge in [-0.3, -0.25) is 25.3 Å². The number of aryl methyl sites for hydroxylation is 1. The zero-order valence-electron chi connectivity index (χ0n) is 19.9. The van der Waals surface area contributed by atoms with Gasteiger partial charge in [-0.15, -0.1) is 5.11 Å². The van der Waals surface area contributed by atoms with E-state index in [-0.39, 0.29) is 12.1 Å². The smallest absolute Gasteiger partial charge is 0.262 e. The van der Waals surface area contributed by atoms with Gasteiger partial charge in [0, 0.05) is 11.4 Å². The summed E-state index contributed by atoms with van der Waals surface area (Å²) < 4.78 is 0. The van der Waals surface area contributed by atoms with Crippen molar-refractivity contribution in [2.75, 3.05) is 16.9 Å². The zero-order valence-corrected chi connectivity index (χ0v) is 19.9. The van der Waals surface area contributed by atoms with E-state index in [1.807, 2.05) is 38.1 Å². The first kappa shape index (κ1) is 23.4. The number of hydrogen-bond donors (Lipinski definition) is 7. The van der Waals surface area contributed by atoms with Crippen LogP contribution in [0, 0.1) is 18.3 Å². The molecule has 3 heterocycles. The molecule has 3 aliphatic rings. The van der Waals surface area contributed by atoms with Crippen LogP contribution < -0.4 is 43.2 Å². The van der Waals surface area contributed by atoms with E-state index in [2.05, 4.69) is 43.0 Å². The van der Waals surface area contributed by atoms with Gasteiger partial charge in [0.1, 0.15) is 18.2 Å². The molecule has 0 radical (unpaired) electrons. The molecule has 1 amide bonds. The lowest BCUT2D eigenvalue weighted by Crippen LogP contribution is -2.64. The number of fused-ring (bicyclic) bond motifs is 2. The third kappa shape index (κ3) is 3.93. The fourth-order valence-corrected chi connectivity index (χ4v) is 4.80. The van der Waals surface area contributed by atoms with Gasteiger partial charge >= 0.3 is 0 Å². The summed E-state index contributed by atoms with van der Waals surface area (Å²) in [5.41, 5.74) is 4.02. The number of rotatable bonds is 5. The van der Waals surface area contributed by atoms with Gasteiger partial charge in [-0.05, 0) is 43.7 Å². The molecule has 0 spiro atoms. The van der Waals surface area contributed by atoms with Crippen molar-refractivity contribution in [3.05, 3.63) is 70.7 Å². The van der Waals surface area contributed by atoms with Crippen LogP contribution in [0.15, 0.2) is 64.3 Å². The molecule has 0 aromatic heterocycles. The van der Waals surface area contributed by atoms with Gasteiger partial charge in [-0.2, -0.15) is 5.26 Å². The Morgan fingerprint density at radius 3 is 2.83 bits per heavy atom. The van der Waals surface area contributed by atoms with Gasteiger partial charge in [0.2, 0.25) is 0 Å². The van der Waals surface area contributed by atoms with E-state index in [9.17, 15) is 10.1 Å². The molecule has 4 atom stereocenters. The van der Waals surface area contributed by atoms with Crippen molar-refractivity contribution >= 4 is 17.3 Å². The Morgan fingerprint density at radius 2 is 2.06 bits per heavy atom. The fourth-order valence-electron chi connectivity index (χ4n) is 4.80. The number of nitrogens with zero attached hydrogens (tertiary/aromatic N) is 5. The number of hydrazine groups is 1. The lowest BCUT2D eigenvalue weighted by atomic mass is 9.99. The maximum absolute atomic E-state index is 13.9. The van der Waals surface area contributed by atoms with Crippen molar-refractivity contribution in [3.8, 4) is 6.07 Å². The largest absolute Gasteiger partial charge is 0.370 e. The van der Waals surface area contributed by atoms with E-state index in [1.54, 1.807) is 28.1 Å². The van der Waals surface area contributed by atoms with Crippen LogP contribution in [-0.4, -0.2) is 42.2 Å². The van der Waals surface area contributed by atoms with E-state index in [4.69, 9.17) is 11.7 Å². The Balaban J connectivity index is 1.56. The number of nitrogens with two attached hydrogens (primary N) is 2. The molecule has 2 aromatic rings. The van der Waals surface area contributed by atoms with E-state index < -0.39 is 18.5 Å². The van der Waals surface area contributed by atoms with E-state index in [0.29, 0.717) is 29.3 Å². The minimum Gasteiger partial charge on any atom is -0.370 e. The quantitative estimate of drug-likeness (QED) is 0.175. The molecule has 0 bridgehead atoms. The molecule has 36 heavy (non-hydrogen) atoms. The van der Waals surface area contributed by atoms with Crippen LogP contribution in [0.4, 0.5) is 11.4 Å². The molecule has 3 aliphatic heterocycles. The summed E-state index contributed by atoms with van der Waals surface area (Å²) in [6, 6.07) is 14.4. The van der Waals surface area contributed by atoms with Crippen molar-refractivity contribution < 1.29 is 4.79 Å². The molecule has 9 N–H and O–H groups in total. The highest BCUT2D eigenvalue weighted by Gasteiger charge is 2.41. The summed E-state index contributed by atoms with van der Waals surface area (Å²) in [5, 5.41) is 34.9. The molecule has 4 unspecified atom stereocenters. The van der Waals surface area contributed by atoms with Crippen LogP contribution in [0.25, 0.3) is 0 Å². The average Bonchev–Trinajstić information content (AvgIpc) is 3.36. The average molecular weight is 489 g/mol. The Morgan fingerprint density at radius 1 is 1.25 bits per heavy atom. The SMILES string of the molecule is Cc1cccc2c1C(=O)N(c1cccc(C#N)c1)C(C(C)N(N)C1=C3NCNC3NC(N=NN)N1)N2. The van der Waals surface area contributed by atoms with Crippen LogP contribution in [0.5, 0.6) is 0 Å².